The van der Waals surface area contributed by atoms with E-state index in [0.717, 1.165) is 42.7 Å². The molecule has 27 heavy (non-hydrogen) atoms. The molecule has 1 fully saturated rings. The molecule has 1 aromatic carbocycles. The maximum absolute atomic E-state index is 13.4. The maximum atomic E-state index is 13.4. The summed E-state index contributed by atoms with van der Waals surface area (Å²) in [5.41, 5.74) is 1.55. The number of rotatable bonds is 6. The van der Waals surface area contributed by atoms with Crippen molar-refractivity contribution in [1.29, 1.82) is 0 Å². The van der Waals surface area contributed by atoms with E-state index in [1.807, 2.05) is 30.0 Å². The van der Waals surface area contributed by atoms with Crippen LogP contribution in [0, 0.1) is 0 Å². The highest BCUT2D eigenvalue weighted by Crippen LogP contribution is 2.34. The summed E-state index contributed by atoms with van der Waals surface area (Å²) in [6.07, 6.45) is 6.02. The Morgan fingerprint density at radius 3 is 2.85 bits per heavy atom. The van der Waals surface area contributed by atoms with Crippen molar-refractivity contribution in [1.82, 2.24) is 9.88 Å². The van der Waals surface area contributed by atoms with Gasteiger partial charge in [0.15, 0.2) is 11.5 Å². The Labute approximate surface area is 159 Å². The fraction of sp³-hybridized carbons (Fsp3) is 0.429. The first-order valence-electron chi connectivity index (χ1n) is 9.53. The van der Waals surface area contributed by atoms with E-state index in [1.54, 1.807) is 18.3 Å². The molecule has 0 unspecified atom stereocenters. The number of nitrogens with zero attached hydrogens (tertiary/aromatic N) is 2. The molecule has 0 radical (unpaired) electrons. The zero-order chi connectivity index (χ0) is 18.6. The summed E-state index contributed by atoms with van der Waals surface area (Å²) in [4.78, 5) is 19.6. The van der Waals surface area contributed by atoms with Crippen LogP contribution in [0.3, 0.4) is 0 Å². The van der Waals surface area contributed by atoms with E-state index in [2.05, 4.69) is 4.98 Å². The molecule has 0 saturated heterocycles. The lowest BCUT2D eigenvalue weighted by Gasteiger charge is -2.29. The van der Waals surface area contributed by atoms with Gasteiger partial charge in [-0.05, 0) is 49.6 Å². The number of hydrogen-bond acceptors (Lipinski definition) is 5. The Morgan fingerprint density at radius 2 is 2.04 bits per heavy atom. The van der Waals surface area contributed by atoms with Gasteiger partial charge in [-0.1, -0.05) is 18.9 Å². The van der Waals surface area contributed by atoms with Gasteiger partial charge in [0.25, 0.3) is 5.91 Å². The summed E-state index contributed by atoms with van der Waals surface area (Å²) in [5.74, 6) is 1.86. The largest absolute Gasteiger partial charge is 0.477 e. The molecule has 2 heterocycles. The van der Waals surface area contributed by atoms with E-state index >= 15 is 0 Å². The molecule has 0 bridgehead atoms. The number of amides is 1. The van der Waals surface area contributed by atoms with Crippen LogP contribution in [-0.4, -0.2) is 35.2 Å². The van der Waals surface area contributed by atoms with E-state index in [1.165, 1.54) is 0 Å². The second-order valence-electron chi connectivity index (χ2n) is 6.85. The summed E-state index contributed by atoms with van der Waals surface area (Å²) >= 11 is 0. The normalized spacial score (nSPS) is 15.7. The van der Waals surface area contributed by atoms with Crippen LogP contribution >= 0.6 is 0 Å². The molecule has 142 valence electrons. The number of carbonyl (C=O) groups is 1. The topological polar surface area (TPSA) is 60.9 Å². The fourth-order valence-corrected chi connectivity index (χ4v) is 3.78. The molecule has 6 nitrogen and oxygen atoms in total. The third-order valence-electron chi connectivity index (χ3n) is 5.10. The van der Waals surface area contributed by atoms with E-state index in [4.69, 9.17) is 14.2 Å². The minimum absolute atomic E-state index is 0.0314. The Balaban J connectivity index is 1.62. The lowest BCUT2D eigenvalue weighted by atomic mass is 10.1. The molecular formula is C21H24N2O4. The van der Waals surface area contributed by atoms with E-state index in [0.29, 0.717) is 24.6 Å². The summed E-state index contributed by atoms with van der Waals surface area (Å²) in [6, 6.07) is 9.67. The number of benzene rings is 1. The highest BCUT2D eigenvalue weighted by Gasteiger charge is 2.30. The summed E-state index contributed by atoms with van der Waals surface area (Å²) < 4.78 is 16.5. The van der Waals surface area contributed by atoms with Gasteiger partial charge in [0, 0.05) is 18.8 Å². The lowest BCUT2D eigenvalue weighted by Crippen LogP contribution is -2.38. The van der Waals surface area contributed by atoms with Crippen molar-refractivity contribution in [2.75, 3.05) is 13.4 Å². The van der Waals surface area contributed by atoms with Crippen LogP contribution in [0.1, 0.15) is 48.5 Å². The van der Waals surface area contributed by atoms with Crippen LogP contribution in [0.25, 0.3) is 0 Å². The Morgan fingerprint density at radius 1 is 1.22 bits per heavy atom. The van der Waals surface area contributed by atoms with E-state index in [9.17, 15) is 4.79 Å². The SMILES string of the molecule is CCOc1ncccc1C(=O)N(Cc1ccc2c(c1)OCO2)C1CCCC1. The number of ether oxygens (including phenoxy) is 3. The van der Waals surface area contributed by atoms with E-state index in [-0.39, 0.29) is 18.7 Å². The third kappa shape index (κ3) is 3.70. The number of aromatic nitrogens is 1. The predicted octanol–water partition coefficient (Wildman–Crippen LogP) is 3.79. The standard InChI is InChI=1S/C21H24N2O4/c1-2-25-20-17(8-5-11-22-20)21(24)23(16-6-3-4-7-16)13-15-9-10-18-19(12-15)27-14-26-18/h5,8-12,16H,2-4,6-7,13-14H2,1H3. The summed E-state index contributed by atoms with van der Waals surface area (Å²) in [5, 5.41) is 0. The monoisotopic (exact) mass is 368 g/mol. The van der Waals surface area contributed by atoms with Crippen LogP contribution in [0.5, 0.6) is 17.4 Å². The zero-order valence-corrected chi connectivity index (χ0v) is 15.5. The minimum atomic E-state index is -0.0314. The molecule has 4 rings (SSSR count). The van der Waals surface area contributed by atoms with Crippen LogP contribution < -0.4 is 14.2 Å². The van der Waals surface area contributed by atoms with Gasteiger partial charge in [-0.2, -0.15) is 0 Å². The molecule has 1 amide bonds. The van der Waals surface area contributed by atoms with Gasteiger partial charge in [0.05, 0.1) is 6.61 Å². The van der Waals surface area contributed by atoms with Gasteiger partial charge in [0.2, 0.25) is 12.7 Å². The van der Waals surface area contributed by atoms with Gasteiger partial charge < -0.3 is 19.1 Å². The number of carbonyl (C=O) groups excluding carboxylic acids is 1. The van der Waals surface area contributed by atoms with Gasteiger partial charge in [-0.25, -0.2) is 4.98 Å². The Kier molecular flexibility index (Phi) is 5.14. The molecule has 1 aliphatic carbocycles. The quantitative estimate of drug-likeness (QED) is 0.776. The first-order chi connectivity index (χ1) is 13.3. The molecule has 6 heteroatoms. The molecule has 1 aliphatic heterocycles. The molecule has 1 aromatic heterocycles. The Hall–Kier alpha value is -2.76. The third-order valence-corrected chi connectivity index (χ3v) is 5.10. The summed E-state index contributed by atoms with van der Waals surface area (Å²) in [6.45, 7) is 3.14. The lowest BCUT2D eigenvalue weighted by molar-refractivity contribution is 0.0659. The average molecular weight is 368 g/mol. The molecule has 2 aliphatic rings. The van der Waals surface area contributed by atoms with Crippen LogP contribution in [0.2, 0.25) is 0 Å². The van der Waals surface area contributed by atoms with E-state index < -0.39 is 0 Å². The van der Waals surface area contributed by atoms with Gasteiger partial charge in [-0.15, -0.1) is 0 Å². The van der Waals surface area contributed by atoms with Gasteiger partial charge >= 0.3 is 0 Å². The second-order valence-corrected chi connectivity index (χ2v) is 6.85. The smallest absolute Gasteiger partial charge is 0.259 e. The van der Waals surface area contributed by atoms with Crippen molar-refractivity contribution in [3.8, 4) is 17.4 Å². The Bertz CT molecular complexity index is 818. The van der Waals surface area contributed by atoms with Crippen molar-refractivity contribution in [3.05, 3.63) is 47.7 Å². The number of fused-ring (bicyclic) bond motifs is 1. The molecule has 0 atom stereocenters. The molecular weight excluding hydrogens is 344 g/mol. The van der Waals surface area contributed by atoms with Crippen LogP contribution in [0.15, 0.2) is 36.5 Å². The van der Waals surface area contributed by atoms with Crippen LogP contribution in [0.4, 0.5) is 0 Å². The zero-order valence-electron chi connectivity index (χ0n) is 15.5. The average Bonchev–Trinajstić information content (AvgIpc) is 3.38. The number of hydrogen-bond donors (Lipinski definition) is 0. The second kappa shape index (κ2) is 7.86. The van der Waals surface area contributed by atoms with Gasteiger partial charge in [-0.3, -0.25) is 4.79 Å². The molecule has 1 saturated carbocycles. The number of pyridine rings is 1. The summed E-state index contributed by atoms with van der Waals surface area (Å²) in [7, 11) is 0. The fourth-order valence-electron chi connectivity index (χ4n) is 3.78. The van der Waals surface area contributed by atoms with Crippen LogP contribution in [-0.2, 0) is 6.54 Å². The minimum Gasteiger partial charge on any atom is -0.477 e. The van der Waals surface area contributed by atoms with Crippen molar-refractivity contribution < 1.29 is 19.0 Å². The molecule has 0 N–H and O–H groups in total. The van der Waals surface area contributed by atoms with Gasteiger partial charge in [0.1, 0.15) is 5.56 Å². The molecule has 2 aromatic rings. The predicted molar refractivity (Wildman–Crippen MR) is 100 cm³/mol. The highest BCUT2D eigenvalue weighted by molar-refractivity contribution is 5.96. The van der Waals surface area contributed by atoms with Crippen molar-refractivity contribution >= 4 is 5.91 Å². The van der Waals surface area contributed by atoms with Crippen molar-refractivity contribution in [3.63, 3.8) is 0 Å². The highest BCUT2D eigenvalue weighted by atomic mass is 16.7. The first-order valence-corrected chi connectivity index (χ1v) is 9.53. The van der Waals surface area contributed by atoms with Crippen molar-refractivity contribution in [2.45, 2.75) is 45.2 Å². The maximum Gasteiger partial charge on any atom is 0.259 e. The van der Waals surface area contributed by atoms with Crippen molar-refractivity contribution in [2.24, 2.45) is 0 Å². The first kappa shape index (κ1) is 17.6. The molecule has 0 spiro atoms.